The number of halogens is 3. The molecule has 0 radical (unpaired) electrons. The number of hydrogen-bond donors (Lipinski definition) is 1. The minimum Gasteiger partial charge on any atom is -0.323 e. The topological polar surface area (TPSA) is 108 Å². The number of aromatic nitrogens is 4. The molecule has 0 saturated carbocycles. The van der Waals surface area contributed by atoms with E-state index in [4.69, 9.17) is 0 Å². The number of aryl methyl sites for hydroxylation is 2. The fourth-order valence-corrected chi connectivity index (χ4v) is 3.04. The second kappa shape index (κ2) is 8.58. The van der Waals surface area contributed by atoms with E-state index in [1.807, 2.05) is 0 Å². The molecule has 164 valence electrons. The number of alkyl halides is 3. The molecule has 9 nitrogen and oxygen atoms in total. The first-order valence-electron chi connectivity index (χ1n) is 9.21. The zero-order chi connectivity index (χ0) is 22.8. The van der Waals surface area contributed by atoms with Gasteiger partial charge in [0.1, 0.15) is 12.4 Å². The number of benzene rings is 1. The maximum atomic E-state index is 12.9. The summed E-state index contributed by atoms with van der Waals surface area (Å²) >= 11 is 0. The van der Waals surface area contributed by atoms with Crippen LogP contribution in [0.15, 0.2) is 36.7 Å². The Balaban J connectivity index is 1.67. The Morgan fingerprint density at radius 1 is 1.29 bits per heavy atom. The predicted octanol–water partition coefficient (Wildman–Crippen LogP) is 3.70. The highest BCUT2D eigenvalue weighted by molar-refractivity contribution is 5.91. The van der Waals surface area contributed by atoms with Gasteiger partial charge in [-0.05, 0) is 31.5 Å². The molecule has 12 heteroatoms. The van der Waals surface area contributed by atoms with E-state index >= 15 is 0 Å². The highest BCUT2D eigenvalue weighted by atomic mass is 19.4. The summed E-state index contributed by atoms with van der Waals surface area (Å²) in [6, 6.07) is 4.99. The summed E-state index contributed by atoms with van der Waals surface area (Å²) in [6.45, 7) is 3.65. The van der Waals surface area contributed by atoms with Crippen LogP contribution in [0.4, 0.5) is 24.5 Å². The molecule has 2 heterocycles. The van der Waals surface area contributed by atoms with E-state index in [9.17, 15) is 28.1 Å². The number of carbonyl (C=O) groups is 1. The van der Waals surface area contributed by atoms with Gasteiger partial charge < -0.3 is 5.32 Å². The highest BCUT2D eigenvalue weighted by Crippen LogP contribution is 2.30. The second-order valence-corrected chi connectivity index (χ2v) is 6.92. The van der Waals surface area contributed by atoms with Crippen LogP contribution in [0.3, 0.4) is 0 Å². The normalized spacial score (nSPS) is 11.5. The molecule has 0 aliphatic rings. The van der Waals surface area contributed by atoms with Crippen LogP contribution in [0.1, 0.15) is 28.9 Å². The standard InChI is InChI=1S/C19H19F3N6O3/c1-12-18(24-17(29)6-7-26-11-16(9-23-26)28(30)31)13(2)27(25-12)10-14-4-3-5-15(8-14)19(20,21)22/h3-5,8-9,11H,6-7,10H2,1-2H3,(H,24,29). The lowest BCUT2D eigenvalue weighted by atomic mass is 10.1. The Labute approximate surface area is 174 Å². The van der Waals surface area contributed by atoms with E-state index in [2.05, 4.69) is 15.5 Å². The lowest BCUT2D eigenvalue weighted by Crippen LogP contribution is -2.16. The number of nitro groups is 1. The zero-order valence-corrected chi connectivity index (χ0v) is 16.7. The predicted molar refractivity (Wildman–Crippen MR) is 104 cm³/mol. The zero-order valence-electron chi connectivity index (χ0n) is 16.7. The lowest BCUT2D eigenvalue weighted by Gasteiger charge is -2.10. The van der Waals surface area contributed by atoms with Gasteiger partial charge in [0.25, 0.3) is 0 Å². The van der Waals surface area contributed by atoms with E-state index in [1.54, 1.807) is 19.9 Å². The number of anilines is 1. The first-order chi connectivity index (χ1) is 14.5. The van der Waals surface area contributed by atoms with Gasteiger partial charge in [0, 0.05) is 13.0 Å². The Morgan fingerprint density at radius 3 is 2.68 bits per heavy atom. The van der Waals surface area contributed by atoms with E-state index in [-0.39, 0.29) is 31.1 Å². The molecule has 3 rings (SSSR count). The van der Waals surface area contributed by atoms with Gasteiger partial charge in [-0.3, -0.25) is 24.3 Å². The molecule has 0 aliphatic heterocycles. The van der Waals surface area contributed by atoms with Gasteiger partial charge in [0.05, 0.1) is 34.1 Å². The van der Waals surface area contributed by atoms with Crippen molar-refractivity contribution in [1.29, 1.82) is 0 Å². The van der Waals surface area contributed by atoms with Crippen LogP contribution >= 0.6 is 0 Å². The van der Waals surface area contributed by atoms with Crippen molar-refractivity contribution < 1.29 is 22.9 Å². The first-order valence-corrected chi connectivity index (χ1v) is 9.21. The van der Waals surface area contributed by atoms with Crippen LogP contribution < -0.4 is 5.32 Å². The van der Waals surface area contributed by atoms with Crippen LogP contribution in [0.5, 0.6) is 0 Å². The third-order valence-corrected chi connectivity index (χ3v) is 4.63. The van der Waals surface area contributed by atoms with Crippen molar-refractivity contribution in [3.8, 4) is 0 Å². The van der Waals surface area contributed by atoms with Gasteiger partial charge in [-0.1, -0.05) is 12.1 Å². The molecular weight excluding hydrogens is 417 g/mol. The molecule has 0 spiro atoms. The van der Waals surface area contributed by atoms with Crippen molar-refractivity contribution in [3.63, 3.8) is 0 Å². The Bertz CT molecular complexity index is 1120. The third-order valence-electron chi connectivity index (χ3n) is 4.63. The van der Waals surface area contributed by atoms with Crippen LogP contribution in [-0.4, -0.2) is 30.4 Å². The fraction of sp³-hybridized carbons (Fsp3) is 0.316. The van der Waals surface area contributed by atoms with Crippen LogP contribution in [0.2, 0.25) is 0 Å². The SMILES string of the molecule is Cc1nn(Cc2cccc(C(F)(F)F)c2)c(C)c1NC(=O)CCn1cc([N+](=O)[O-])cn1. The van der Waals surface area contributed by atoms with Crippen molar-refractivity contribution in [3.05, 3.63) is 69.3 Å². The maximum Gasteiger partial charge on any atom is 0.416 e. The summed E-state index contributed by atoms with van der Waals surface area (Å²) in [5.74, 6) is -0.344. The fourth-order valence-electron chi connectivity index (χ4n) is 3.04. The average Bonchev–Trinajstić information content (AvgIpc) is 3.27. The summed E-state index contributed by atoms with van der Waals surface area (Å²) in [4.78, 5) is 22.4. The van der Waals surface area contributed by atoms with Crippen molar-refractivity contribution >= 4 is 17.3 Å². The molecule has 2 aromatic heterocycles. The molecular formula is C19H19F3N6O3. The molecule has 1 amide bonds. The quantitative estimate of drug-likeness (QED) is 0.449. The Kier molecular flexibility index (Phi) is 6.09. The van der Waals surface area contributed by atoms with Gasteiger partial charge in [0.15, 0.2) is 0 Å². The number of amides is 1. The molecule has 0 atom stereocenters. The molecule has 0 aliphatic carbocycles. The van der Waals surface area contributed by atoms with Crippen molar-refractivity contribution in [2.75, 3.05) is 5.32 Å². The van der Waals surface area contributed by atoms with E-state index in [1.165, 1.54) is 21.6 Å². The van der Waals surface area contributed by atoms with Gasteiger partial charge in [-0.2, -0.15) is 23.4 Å². The molecule has 0 bridgehead atoms. The Morgan fingerprint density at radius 2 is 2.03 bits per heavy atom. The summed E-state index contributed by atoms with van der Waals surface area (Å²) in [5, 5.41) is 21.6. The van der Waals surface area contributed by atoms with Gasteiger partial charge in [-0.15, -0.1) is 0 Å². The van der Waals surface area contributed by atoms with Crippen LogP contribution in [0.25, 0.3) is 0 Å². The van der Waals surface area contributed by atoms with Gasteiger partial charge >= 0.3 is 11.9 Å². The molecule has 3 aromatic rings. The minimum absolute atomic E-state index is 0.0243. The molecule has 0 saturated heterocycles. The Hall–Kier alpha value is -3.70. The number of hydrogen-bond acceptors (Lipinski definition) is 5. The van der Waals surface area contributed by atoms with E-state index < -0.39 is 16.7 Å². The minimum atomic E-state index is -4.43. The summed E-state index contributed by atoms with van der Waals surface area (Å²) in [7, 11) is 0. The van der Waals surface area contributed by atoms with Gasteiger partial charge in [-0.25, -0.2) is 0 Å². The number of nitrogens with zero attached hydrogens (tertiary/aromatic N) is 5. The summed E-state index contributed by atoms with van der Waals surface area (Å²) in [5.41, 5.74) is 1.12. The van der Waals surface area contributed by atoms with Crippen LogP contribution in [-0.2, 0) is 24.1 Å². The summed E-state index contributed by atoms with van der Waals surface area (Å²) < 4.78 is 41.6. The molecule has 0 unspecified atom stereocenters. The molecule has 0 fully saturated rings. The highest BCUT2D eigenvalue weighted by Gasteiger charge is 2.30. The monoisotopic (exact) mass is 436 g/mol. The van der Waals surface area contributed by atoms with Crippen molar-refractivity contribution in [2.24, 2.45) is 0 Å². The maximum absolute atomic E-state index is 12.9. The molecule has 1 N–H and O–H groups in total. The average molecular weight is 436 g/mol. The van der Waals surface area contributed by atoms with E-state index in [0.29, 0.717) is 22.6 Å². The van der Waals surface area contributed by atoms with Crippen LogP contribution in [0, 0.1) is 24.0 Å². The molecule has 1 aromatic carbocycles. The van der Waals surface area contributed by atoms with Gasteiger partial charge in [0.2, 0.25) is 5.91 Å². The second-order valence-electron chi connectivity index (χ2n) is 6.92. The van der Waals surface area contributed by atoms with Crippen molar-refractivity contribution in [1.82, 2.24) is 19.6 Å². The smallest absolute Gasteiger partial charge is 0.323 e. The summed E-state index contributed by atoms with van der Waals surface area (Å²) in [6.07, 6.45) is -2.07. The number of nitrogens with one attached hydrogen (secondary N) is 1. The number of carbonyl (C=O) groups excluding carboxylic acids is 1. The third kappa shape index (κ3) is 5.27. The number of rotatable bonds is 7. The van der Waals surface area contributed by atoms with Crippen molar-refractivity contribution in [2.45, 2.75) is 39.5 Å². The first kappa shape index (κ1) is 22.0. The molecule has 31 heavy (non-hydrogen) atoms. The van der Waals surface area contributed by atoms with E-state index in [0.717, 1.165) is 18.3 Å². The largest absolute Gasteiger partial charge is 0.416 e. The lowest BCUT2D eigenvalue weighted by molar-refractivity contribution is -0.385.